The van der Waals surface area contributed by atoms with Gasteiger partial charge in [0.15, 0.2) is 6.61 Å². The monoisotopic (exact) mass is 511 g/mol. The maximum atomic E-state index is 12.9. The maximum absolute atomic E-state index is 12.9. The van der Waals surface area contributed by atoms with Gasteiger partial charge in [-0.05, 0) is 42.0 Å². The SMILES string of the molecule is O=C(COc1cccc2oc3ccccc3c(=O)c12)NN=Cc1ccc(N(CCCl)CCCl)cc1. The Labute approximate surface area is 211 Å². The molecular formula is C26H23Cl2N3O4. The van der Waals surface area contributed by atoms with Gasteiger partial charge in [0, 0.05) is 30.5 Å². The summed E-state index contributed by atoms with van der Waals surface area (Å²) in [6.45, 7) is 1.09. The average molecular weight is 512 g/mol. The Hall–Kier alpha value is -3.55. The molecule has 0 atom stereocenters. The van der Waals surface area contributed by atoms with Gasteiger partial charge >= 0.3 is 0 Å². The molecule has 0 radical (unpaired) electrons. The standard InChI is InChI=1S/C26H23Cl2N3O4/c27-12-14-31(15-13-28)19-10-8-18(9-11-19)16-29-30-24(32)17-34-22-6-3-7-23-25(22)26(33)20-4-1-2-5-21(20)35-23/h1-11,16H,12-15,17H2,(H,30,32). The molecule has 180 valence electrons. The van der Waals surface area contributed by atoms with Crippen LogP contribution in [0.1, 0.15) is 5.56 Å². The summed E-state index contributed by atoms with van der Waals surface area (Å²) in [6.07, 6.45) is 1.54. The van der Waals surface area contributed by atoms with Crippen LogP contribution in [0.15, 0.2) is 81.0 Å². The number of hydrogen-bond acceptors (Lipinski definition) is 6. The molecular weight excluding hydrogens is 489 g/mol. The number of fused-ring (bicyclic) bond motifs is 2. The van der Waals surface area contributed by atoms with E-state index in [1.54, 1.807) is 42.5 Å². The Balaban J connectivity index is 1.38. The molecule has 4 rings (SSSR count). The summed E-state index contributed by atoms with van der Waals surface area (Å²) in [5.74, 6) is 0.828. The minimum Gasteiger partial charge on any atom is -0.483 e. The molecule has 0 saturated heterocycles. The van der Waals surface area contributed by atoms with E-state index >= 15 is 0 Å². The van der Waals surface area contributed by atoms with Crippen molar-refractivity contribution in [3.05, 3.63) is 82.5 Å². The Morgan fingerprint density at radius 1 is 0.971 bits per heavy atom. The number of hydrogen-bond donors (Lipinski definition) is 1. The lowest BCUT2D eigenvalue weighted by Gasteiger charge is -2.22. The molecule has 1 aromatic heterocycles. The Kier molecular flexibility index (Phi) is 8.23. The summed E-state index contributed by atoms with van der Waals surface area (Å²) in [5, 5.41) is 4.72. The Morgan fingerprint density at radius 3 is 2.43 bits per heavy atom. The number of halogens is 2. The van der Waals surface area contributed by atoms with Crippen LogP contribution in [-0.4, -0.2) is 43.6 Å². The summed E-state index contributed by atoms with van der Waals surface area (Å²) in [6, 6.07) is 19.7. The fraction of sp³-hybridized carbons (Fsp3) is 0.192. The van der Waals surface area contributed by atoms with Crippen LogP contribution in [0.4, 0.5) is 5.69 Å². The third kappa shape index (κ3) is 5.93. The van der Waals surface area contributed by atoms with Crippen molar-refractivity contribution in [1.29, 1.82) is 0 Å². The van der Waals surface area contributed by atoms with Crippen molar-refractivity contribution in [2.45, 2.75) is 0 Å². The summed E-state index contributed by atoms with van der Waals surface area (Å²) < 4.78 is 11.4. The number of amides is 1. The molecule has 35 heavy (non-hydrogen) atoms. The second kappa shape index (κ2) is 11.7. The second-order valence-corrected chi connectivity index (χ2v) is 8.35. The predicted octanol–water partition coefficient (Wildman–Crippen LogP) is 4.76. The van der Waals surface area contributed by atoms with Crippen molar-refractivity contribution in [2.75, 3.05) is 36.4 Å². The number of nitrogens with zero attached hydrogens (tertiary/aromatic N) is 2. The van der Waals surface area contributed by atoms with Crippen molar-refractivity contribution in [3.63, 3.8) is 0 Å². The molecule has 1 amide bonds. The summed E-state index contributed by atoms with van der Waals surface area (Å²) in [7, 11) is 0. The van der Waals surface area contributed by atoms with Gasteiger partial charge in [0.1, 0.15) is 22.3 Å². The van der Waals surface area contributed by atoms with Crippen molar-refractivity contribution >= 4 is 62.9 Å². The molecule has 0 bridgehead atoms. The maximum Gasteiger partial charge on any atom is 0.277 e. The van der Waals surface area contributed by atoms with Crippen LogP contribution in [0.2, 0.25) is 0 Å². The highest BCUT2D eigenvalue weighted by Crippen LogP contribution is 2.26. The van der Waals surface area contributed by atoms with E-state index in [1.807, 2.05) is 24.3 Å². The first kappa shape index (κ1) is 24.6. The summed E-state index contributed by atoms with van der Waals surface area (Å²) >= 11 is 11.7. The van der Waals surface area contributed by atoms with E-state index in [0.29, 0.717) is 46.8 Å². The van der Waals surface area contributed by atoms with Gasteiger partial charge in [-0.3, -0.25) is 9.59 Å². The van der Waals surface area contributed by atoms with Gasteiger partial charge in [-0.2, -0.15) is 5.10 Å². The van der Waals surface area contributed by atoms with Crippen LogP contribution in [0.3, 0.4) is 0 Å². The zero-order valence-electron chi connectivity index (χ0n) is 18.7. The molecule has 0 saturated carbocycles. The van der Waals surface area contributed by atoms with E-state index in [1.165, 1.54) is 6.21 Å². The van der Waals surface area contributed by atoms with E-state index in [2.05, 4.69) is 15.4 Å². The summed E-state index contributed by atoms with van der Waals surface area (Å²) in [5.41, 5.74) is 4.92. The fourth-order valence-electron chi connectivity index (χ4n) is 3.64. The minimum absolute atomic E-state index is 0.213. The lowest BCUT2D eigenvalue weighted by molar-refractivity contribution is -0.123. The van der Waals surface area contributed by atoms with Crippen molar-refractivity contribution in [1.82, 2.24) is 5.43 Å². The van der Waals surface area contributed by atoms with Crippen LogP contribution in [-0.2, 0) is 4.79 Å². The topological polar surface area (TPSA) is 84.1 Å². The molecule has 0 spiro atoms. The summed E-state index contributed by atoms with van der Waals surface area (Å²) in [4.78, 5) is 27.3. The van der Waals surface area contributed by atoms with Gasteiger partial charge in [-0.15, -0.1) is 23.2 Å². The first-order valence-electron chi connectivity index (χ1n) is 11.0. The molecule has 0 aliphatic rings. The van der Waals surface area contributed by atoms with Crippen molar-refractivity contribution in [2.24, 2.45) is 5.10 Å². The van der Waals surface area contributed by atoms with Gasteiger partial charge in [-0.1, -0.05) is 30.3 Å². The van der Waals surface area contributed by atoms with Crippen LogP contribution in [0, 0.1) is 0 Å². The predicted molar refractivity (Wildman–Crippen MR) is 141 cm³/mol. The number of hydrazone groups is 1. The van der Waals surface area contributed by atoms with E-state index in [0.717, 1.165) is 11.3 Å². The lowest BCUT2D eigenvalue weighted by atomic mass is 10.1. The van der Waals surface area contributed by atoms with Crippen LogP contribution in [0.25, 0.3) is 21.9 Å². The number of ether oxygens (including phenoxy) is 1. The highest BCUT2D eigenvalue weighted by molar-refractivity contribution is 6.18. The lowest BCUT2D eigenvalue weighted by Crippen LogP contribution is -2.27. The highest BCUT2D eigenvalue weighted by atomic mass is 35.5. The number of alkyl halides is 2. The molecule has 1 heterocycles. The zero-order valence-corrected chi connectivity index (χ0v) is 20.3. The molecule has 3 aromatic carbocycles. The number of para-hydroxylation sites is 1. The molecule has 9 heteroatoms. The number of anilines is 1. The number of nitrogens with one attached hydrogen (secondary N) is 1. The van der Waals surface area contributed by atoms with Gasteiger partial charge < -0.3 is 14.1 Å². The van der Waals surface area contributed by atoms with E-state index in [-0.39, 0.29) is 17.8 Å². The largest absolute Gasteiger partial charge is 0.483 e. The van der Waals surface area contributed by atoms with Gasteiger partial charge in [0.05, 0.1) is 11.6 Å². The van der Waals surface area contributed by atoms with Gasteiger partial charge in [-0.25, -0.2) is 5.43 Å². The Morgan fingerprint density at radius 2 is 1.69 bits per heavy atom. The molecule has 1 N–H and O–H groups in total. The quantitative estimate of drug-likeness (QED) is 0.143. The van der Waals surface area contributed by atoms with E-state index in [9.17, 15) is 9.59 Å². The fourth-order valence-corrected chi connectivity index (χ4v) is 4.04. The molecule has 7 nitrogen and oxygen atoms in total. The van der Waals surface area contributed by atoms with Gasteiger partial charge in [0.25, 0.3) is 5.91 Å². The normalized spacial score (nSPS) is 11.3. The third-order valence-corrected chi connectivity index (χ3v) is 5.63. The zero-order chi connectivity index (χ0) is 24.6. The van der Waals surface area contributed by atoms with E-state index < -0.39 is 5.91 Å². The Bertz CT molecular complexity index is 1400. The van der Waals surface area contributed by atoms with E-state index in [4.69, 9.17) is 32.4 Å². The smallest absolute Gasteiger partial charge is 0.277 e. The number of benzene rings is 3. The van der Waals surface area contributed by atoms with Crippen LogP contribution < -0.4 is 20.5 Å². The molecule has 0 aliphatic carbocycles. The highest BCUT2D eigenvalue weighted by Gasteiger charge is 2.13. The van der Waals surface area contributed by atoms with Gasteiger partial charge in [0.2, 0.25) is 5.43 Å². The molecule has 0 fully saturated rings. The van der Waals surface area contributed by atoms with Crippen LogP contribution in [0.5, 0.6) is 5.75 Å². The third-order valence-electron chi connectivity index (χ3n) is 5.30. The number of rotatable bonds is 10. The van der Waals surface area contributed by atoms with Crippen LogP contribution >= 0.6 is 23.2 Å². The minimum atomic E-state index is -0.463. The second-order valence-electron chi connectivity index (χ2n) is 7.60. The van der Waals surface area contributed by atoms with Crippen molar-refractivity contribution in [3.8, 4) is 5.75 Å². The number of carbonyl (C=O) groups excluding carboxylic acids is 1. The molecule has 4 aromatic rings. The van der Waals surface area contributed by atoms with Crippen molar-refractivity contribution < 1.29 is 13.9 Å². The first-order valence-corrected chi connectivity index (χ1v) is 12.0. The first-order chi connectivity index (χ1) is 17.1. The molecule has 0 unspecified atom stereocenters. The molecule has 0 aliphatic heterocycles. The number of carbonyl (C=O) groups is 1. The average Bonchev–Trinajstić information content (AvgIpc) is 2.88.